The second kappa shape index (κ2) is 4.38. The van der Waals surface area contributed by atoms with Crippen LogP contribution in [-0.2, 0) is 0 Å². The molecule has 0 saturated carbocycles. The molecule has 0 heterocycles. The highest BCUT2D eigenvalue weighted by Gasteiger charge is 2.08. The summed E-state index contributed by atoms with van der Waals surface area (Å²) in [5.74, 6) is 0.717. The van der Waals surface area contributed by atoms with Gasteiger partial charge in [-0.2, -0.15) is 0 Å². The SMILES string of the molecule is [C-]#[N+]C(C)CC(C)CC. The molecule has 0 aromatic carbocycles. The average Bonchev–Trinajstić information content (AvgIpc) is 1.87. The molecule has 0 aliphatic carbocycles. The largest absolute Gasteiger partial charge is 0.314 e. The fourth-order valence-electron chi connectivity index (χ4n) is 0.802. The predicted octanol–water partition coefficient (Wildman–Crippen LogP) is 2.73. The van der Waals surface area contributed by atoms with E-state index in [2.05, 4.69) is 18.7 Å². The lowest BCUT2D eigenvalue weighted by molar-refractivity contribution is 0.495. The van der Waals surface area contributed by atoms with Gasteiger partial charge in [0, 0.05) is 13.3 Å². The van der Waals surface area contributed by atoms with Gasteiger partial charge in [-0.15, -0.1) is 0 Å². The molecule has 0 rings (SSSR count). The molecule has 0 aromatic heterocycles. The van der Waals surface area contributed by atoms with Crippen LogP contribution in [0.3, 0.4) is 0 Å². The van der Waals surface area contributed by atoms with Crippen molar-refractivity contribution in [3.63, 3.8) is 0 Å². The molecule has 0 aliphatic heterocycles. The van der Waals surface area contributed by atoms with Crippen molar-refractivity contribution < 1.29 is 0 Å². The molecular weight excluding hydrogens is 110 g/mol. The molecular formula is C8H15N. The second-order valence-electron chi connectivity index (χ2n) is 2.73. The van der Waals surface area contributed by atoms with Crippen LogP contribution in [0.15, 0.2) is 0 Å². The third-order valence-corrected chi connectivity index (χ3v) is 1.66. The highest BCUT2D eigenvalue weighted by atomic mass is 14.7. The second-order valence-corrected chi connectivity index (χ2v) is 2.73. The molecule has 2 atom stereocenters. The van der Waals surface area contributed by atoms with Gasteiger partial charge in [-0.25, -0.2) is 6.57 Å². The first kappa shape index (κ1) is 8.49. The Labute approximate surface area is 57.9 Å². The van der Waals surface area contributed by atoms with Crippen LogP contribution >= 0.6 is 0 Å². The van der Waals surface area contributed by atoms with Gasteiger partial charge in [0.1, 0.15) is 0 Å². The molecule has 0 amide bonds. The summed E-state index contributed by atoms with van der Waals surface area (Å²) in [5.41, 5.74) is 0. The normalized spacial score (nSPS) is 16.2. The van der Waals surface area contributed by atoms with Crippen molar-refractivity contribution in [2.24, 2.45) is 5.92 Å². The maximum absolute atomic E-state index is 6.70. The van der Waals surface area contributed by atoms with Gasteiger partial charge in [0.25, 0.3) is 0 Å². The van der Waals surface area contributed by atoms with E-state index in [9.17, 15) is 0 Å². The van der Waals surface area contributed by atoms with Crippen LogP contribution in [0.25, 0.3) is 4.85 Å². The molecule has 0 N–H and O–H groups in total. The minimum absolute atomic E-state index is 0.222. The van der Waals surface area contributed by atoms with Crippen LogP contribution in [0.1, 0.15) is 33.6 Å². The lowest BCUT2D eigenvalue weighted by atomic mass is 10.0. The molecule has 1 heteroatoms. The molecule has 0 aliphatic rings. The van der Waals surface area contributed by atoms with E-state index < -0.39 is 0 Å². The van der Waals surface area contributed by atoms with E-state index in [-0.39, 0.29) is 6.04 Å². The zero-order valence-electron chi connectivity index (χ0n) is 6.52. The van der Waals surface area contributed by atoms with Gasteiger partial charge in [0.05, 0.1) is 0 Å². The monoisotopic (exact) mass is 125 g/mol. The zero-order chi connectivity index (χ0) is 7.28. The Hall–Kier alpha value is -0.510. The quantitative estimate of drug-likeness (QED) is 0.511. The summed E-state index contributed by atoms with van der Waals surface area (Å²) in [6, 6.07) is 0.222. The first-order valence-corrected chi connectivity index (χ1v) is 3.57. The van der Waals surface area contributed by atoms with Crippen LogP contribution < -0.4 is 0 Å². The average molecular weight is 125 g/mol. The highest BCUT2D eigenvalue weighted by Crippen LogP contribution is 2.10. The van der Waals surface area contributed by atoms with Crippen molar-refractivity contribution in [1.82, 2.24) is 0 Å². The van der Waals surface area contributed by atoms with Crippen LogP contribution in [-0.4, -0.2) is 6.04 Å². The van der Waals surface area contributed by atoms with E-state index in [0.717, 1.165) is 6.42 Å². The summed E-state index contributed by atoms with van der Waals surface area (Å²) >= 11 is 0. The molecule has 2 unspecified atom stereocenters. The maximum Gasteiger partial charge on any atom is 0.221 e. The van der Waals surface area contributed by atoms with Gasteiger partial charge in [-0.3, -0.25) is 0 Å². The minimum Gasteiger partial charge on any atom is -0.314 e. The van der Waals surface area contributed by atoms with Crippen molar-refractivity contribution in [2.45, 2.75) is 39.7 Å². The summed E-state index contributed by atoms with van der Waals surface area (Å²) in [7, 11) is 0. The van der Waals surface area contributed by atoms with Crippen molar-refractivity contribution in [3.8, 4) is 0 Å². The lowest BCUT2D eigenvalue weighted by Gasteiger charge is -2.05. The summed E-state index contributed by atoms with van der Waals surface area (Å²) in [6.45, 7) is 13.1. The van der Waals surface area contributed by atoms with Gasteiger partial charge in [0.2, 0.25) is 6.04 Å². The fraction of sp³-hybridized carbons (Fsp3) is 0.875. The van der Waals surface area contributed by atoms with Gasteiger partial charge in [0.15, 0.2) is 0 Å². The minimum atomic E-state index is 0.222. The van der Waals surface area contributed by atoms with E-state index in [1.807, 2.05) is 6.92 Å². The Kier molecular flexibility index (Phi) is 4.13. The third-order valence-electron chi connectivity index (χ3n) is 1.66. The van der Waals surface area contributed by atoms with Gasteiger partial charge >= 0.3 is 0 Å². The number of nitrogens with zero attached hydrogens (tertiary/aromatic N) is 1. The van der Waals surface area contributed by atoms with Crippen LogP contribution in [0, 0.1) is 12.5 Å². The molecule has 0 spiro atoms. The Balaban J connectivity index is 3.37. The van der Waals surface area contributed by atoms with Crippen molar-refractivity contribution >= 4 is 0 Å². The molecule has 0 bridgehead atoms. The fourth-order valence-corrected chi connectivity index (χ4v) is 0.802. The Morgan fingerprint density at radius 2 is 2.00 bits per heavy atom. The van der Waals surface area contributed by atoms with E-state index in [1.165, 1.54) is 6.42 Å². The maximum atomic E-state index is 6.70. The van der Waals surface area contributed by atoms with E-state index in [4.69, 9.17) is 6.57 Å². The zero-order valence-corrected chi connectivity index (χ0v) is 6.52. The Morgan fingerprint density at radius 1 is 1.44 bits per heavy atom. The van der Waals surface area contributed by atoms with Crippen molar-refractivity contribution in [3.05, 3.63) is 11.4 Å². The van der Waals surface area contributed by atoms with E-state index >= 15 is 0 Å². The number of rotatable bonds is 3. The first-order valence-electron chi connectivity index (χ1n) is 3.57. The van der Waals surface area contributed by atoms with Gasteiger partial charge in [-0.05, 0) is 5.92 Å². The number of hydrogen-bond donors (Lipinski definition) is 0. The summed E-state index contributed by atoms with van der Waals surface area (Å²) in [5, 5.41) is 0. The molecule has 52 valence electrons. The van der Waals surface area contributed by atoms with Gasteiger partial charge in [-0.1, -0.05) is 20.3 Å². The predicted molar refractivity (Wildman–Crippen MR) is 40.1 cm³/mol. The Morgan fingerprint density at radius 3 is 2.33 bits per heavy atom. The summed E-state index contributed by atoms with van der Waals surface area (Å²) < 4.78 is 0. The van der Waals surface area contributed by atoms with Crippen molar-refractivity contribution in [1.29, 1.82) is 0 Å². The Bertz CT molecular complexity index is 102. The molecule has 0 saturated heterocycles. The van der Waals surface area contributed by atoms with Crippen LogP contribution in [0.5, 0.6) is 0 Å². The lowest BCUT2D eigenvalue weighted by Crippen LogP contribution is -2.02. The summed E-state index contributed by atoms with van der Waals surface area (Å²) in [4.78, 5) is 3.43. The van der Waals surface area contributed by atoms with E-state index in [0.29, 0.717) is 5.92 Å². The number of hydrogen-bond acceptors (Lipinski definition) is 0. The van der Waals surface area contributed by atoms with E-state index in [1.54, 1.807) is 0 Å². The standard InChI is InChI=1S/C8H15N/c1-5-7(2)6-8(3)9-4/h7-8H,5-6H2,1-3H3. The molecule has 9 heavy (non-hydrogen) atoms. The van der Waals surface area contributed by atoms with Crippen LogP contribution in [0.2, 0.25) is 0 Å². The molecule has 0 aromatic rings. The molecule has 1 nitrogen and oxygen atoms in total. The van der Waals surface area contributed by atoms with Crippen molar-refractivity contribution in [2.75, 3.05) is 0 Å². The third kappa shape index (κ3) is 4.02. The smallest absolute Gasteiger partial charge is 0.221 e. The highest BCUT2D eigenvalue weighted by molar-refractivity contribution is 4.74. The summed E-state index contributed by atoms with van der Waals surface area (Å²) in [6.07, 6.45) is 2.25. The van der Waals surface area contributed by atoms with Gasteiger partial charge < -0.3 is 4.85 Å². The first-order chi connectivity index (χ1) is 4.20. The topological polar surface area (TPSA) is 4.36 Å². The molecule has 0 radical (unpaired) electrons. The molecule has 0 fully saturated rings. The van der Waals surface area contributed by atoms with Crippen LogP contribution in [0.4, 0.5) is 0 Å².